The number of aryl methyl sites for hydroxylation is 1. The van der Waals surface area contributed by atoms with Crippen LogP contribution < -0.4 is 4.72 Å². The van der Waals surface area contributed by atoms with Crippen molar-refractivity contribution in [2.75, 3.05) is 12.4 Å². The minimum atomic E-state index is -3.50. The van der Waals surface area contributed by atoms with Crippen molar-refractivity contribution < 1.29 is 13.5 Å². The van der Waals surface area contributed by atoms with Gasteiger partial charge in [0.1, 0.15) is 0 Å². The first kappa shape index (κ1) is 15.8. The molecule has 20 heavy (non-hydrogen) atoms. The van der Waals surface area contributed by atoms with Crippen molar-refractivity contribution in [3.8, 4) is 0 Å². The van der Waals surface area contributed by atoms with Crippen molar-refractivity contribution in [1.29, 1.82) is 0 Å². The third-order valence-electron chi connectivity index (χ3n) is 3.77. The van der Waals surface area contributed by atoms with Crippen molar-refractivity contribution >= 4 is 21.6 Å². The second kappa shape index (κ2) is 6.89. The second-order valence-electron chi connectivity index (χ2n) is 5.19. The average Bonchev–Trinajstić information content (AvgIpc) is 2.83. The topological polar surface area (TPSA) is 66.4 Å². The quantitative estimate of drug-likeness (QED) is 0.788. The fourth-order valence-electron chi connectivity index (χ4n) is 2.50. The van der Waals surface area contributed by atoms with Gasteiger partial charge in [0.2, 0.25) is 10.0 Å². The number of aliphatic hydroxyl groups is 1. The largest absolute Gasteiger partial charge is 0.393 e. The molecule has 0 heterocycles. The van der Waals surface area contributed by atoms with Crippen LogP contribution in [0.4, 0.5) is 0 Å². The van der Waals surface area contributed by atoms with Gasteiger partial charge in [-0.25, -0.2) is 13.1 Å². The minimum absolute atomic E-state index is 0.0281. The Balaban J connectivity index is 1.98. The molecule has 1 aromatic rings. The van der Waals surface area contributed by atoms with Crippen LogP contribution in [0.5, 0.6) is 0 Å². The van der Waals surface area contributed by atoms with Crippen LogP contribution in [-0.2, 0) is 16.4 Å². The van der Waals surface area contributed by atoms with Crippen LogP contribution in [0.1, 0.15) is 24.8 Å². The van der Waals surface area contributed by atoms with Crippen LogP contribution in [-0.4, -0.2) is 32.1 Å². The van der Waals surface area contributed by atoms with E-state index in [1.165, 1.54) is 0 Å². The molecular formula is C14H20ClNO3S. The zero-order valence-electron chi connectivity index (χ0n) is 11.3. The number of halogens is 1. The van der Waals surface area contributed by atoms with Crippen molar-refractivity contribution in [3.63, 3.8) is 0 Å². The second-order valence-corrected chi connectivity index (χ2v) is 7.34. The maximum absolute atomic E-state index is 12.1. The summed E-state index contributed by atoms with van der Waals surface area (Å²) in [7, 11) is -3.50. The summed E-state index contributed by atoms with van der Waals surface area (Å²) in [5, 5.41) is 9.70. The SMILES string of the molecule is O=S(=O)(NCC1CCCC1O)c1ccc(CCCl)cc1. The smallest absolute Gasteiger partial charge is 0.240 e. The predicted octanol–water partition coefficient (Wildman–Crippen LogP) is 1.91. The zero-order chi connectivity index (χ0) is 14.6. The van der Waals surface area contributed by atoms with Gasteiger partial charge in [-0.1, -0.05) is 18.6 Å². The lowest BCUT2D eigenvalue weighted by atomic mass is 10.1. The van der Waals surface area contributed by atoms with Gasteiger partial charge in [-0.15, -0.1) is 11.6 Å². The molecule has 0 spiro atoms. The number of benzene rings is 1. The Kier molecular flexibility index (Phi) is 5.43. The molecule has 1 saturated carbocycles. The van der Waals surface area contributed by atoms with E-state index < -0.39 is 10.0 Å². The number of hydrogen-bond acceptors (Lipinski definition) is 3. The Bertz CT molecular complexity index is 530. The highest BCUT2D eigenvalue weighted by atomic mass is 35.5. The monoisotopic (exact) mass is 317 g/mol. The molecule has 112 valence electrons. The zero-order valence-corrected chi connectivity index (χ0v) is 12.8. The maximum Gasteiger partial charge on any atom is 0.240 e. The Morgan fingerprint density at radius 1 is 1.25 bits per heavy atom. The summed E-state index contributed by atoms with van der Waals surface area (Å²) in [6.07, 6.45) is 2.94. The van der Waals surface area contributed by atoms with E-state index in [9.17, 15) is 13.5 Å². The van der Waals surface area contributed by atoms with E-state index >= 15 is 0 Å². The molecule has 0 amide bonds. The van der Waals surface area contributed by atoms with Gasteiger partial charge in [0.05, 0.1) is 11.0 Å². The fraction of sp³-hybridized carbons (Fsp3) is 0.571. The number of alkyl halides is 1. The third-order valence-corrected chi connectivity index (χ3v) is 5.40. The van der Waals surface area contributed by atoms with Crippen LogP contribution in [0.25, 0.3) is 0 Å². The highest BCUT2D eigenvalue weighted by molar-refractivity contribution is 7.89. The van der Waals surface area contributed by atoms with E-state index in [0.29, 0.717) is 12.4 Å². The molecule has 4 nitrogen and oxygen atoms in total. The molecule has 0 bridgehead atoms. The molecule has 0 aliphatic heterocycles. The van der Waals surface area contributed by atoms with E-state index in [1.807, 2.05) is 0 Å². The molecule has 6 heteroatoms. The summed E-state index contributed by atoms with van der Waals surface area (Å²) in [4.78, 5) is 0.253. The lowest BCUT2D eigenvalue weighted by Gasteiger charge is -2.15. The van der Waals surface area contributed by atoms with Crippen molar-refractivity contribution in [1.82, 2.24) is 4.72 Å². The molecule has 0 radical (unpaired) electrons. The third kappa shape index (κ3) is 3.95. The number of rotatable bonds is 6. The summed E-state index contributed by atoms with van der Waals surface area (Å²) in [6.45, 7) is 0.299. The average molecular weight is 318 g/mol. The summed E-state index contributed by atoms with van der Waals surface area (Å²) in [5.74, 6) is 0.546. The normalized spacial score (nSPS) is 23.1. The van der Waals surface area contributed by atoms with Crippen molar-refractivity contribution in [2.24, 2.45) is 5.92 Å². The van der Waals surface area contributed by atoms with Crippen LogP contribution in [0.3, 0.4) is 0 Å². The van der Waals surface area contributed by atoms with E-state index in [2.05, 4.69) is 4.72 Å². The van der Waals surface area contributed by atoms with Gasteiger partial charge in [-0.3, -0.25) is 0 Å². The first-order valence-electron chi connectivity index (χ1n) is 6.85. The summed E-state index contributed by atoms with van der Waals surface area (Å²) >= 11 is 5.65. The molecule has 1 aliphatic rings. The van der Waals surface area contributed by atoms with E-state index in [0.717, 1.165) is 31.2 Å². The van der Waals surface area contributed by atoms with Crippen LogP contribution in [0, 0.1) is 5.92 Å². The van der Waals surface area contributed by atoms with Gasteiger partial charge in [0.15, 0.2) is 0 Å². The summed E-state index contributed by atoms with van der Waals surface area (Å²) < 4.78 is 26.9. The molecule has 2 N–H and O–H groups in total. The molecule has 1 aromatic carbocycles. The number of sulfonamides is 1. The van der Waals surface area contributed by atoms with E-state index in [1.54, 1.807) is 24.3 Å². The van der Waals surface area contributed by atoms with Gasteiger partial charge >= 0.3 is 0 Å². The number of aliphatic hydroxyl groups excluding tert-OH is 1. The van der Waals surface area contributed by atoms with E-state index in [-0.39, 0.29) is 16.9 Å². The Morgan fingerprint density at radius 2 is 1.95 bits per heavy atom. The van der Waals surface area contributed by atoms with Gasteiger partial charge in [0, 0.05) is 12.4 Å². The molecule has 2 atom stereocenters. The summed E-state index contributed by atoms with van der Waals surface area (Å²) in [6, 6.07) is 6.74. The molecule has 0 aromatic heterocycles. The van der Waals surface area contributed by atoms with Gasteiger partial charge in [0.25, 0.3) is 0 Å². The van der Waals surface area contributed by atoms with Crippen LogP contribution >= 0.6 is 11.6 Å². The fourth-order valence-corrected chi connectivity index (χ4v) is 3.81. The molecule has 1 aliphatic carbocycles. The van der Waals surface area contributed by atoms with E-state index in [4.69, 9.17) is 11.6 Å². The highest BCUT2D eigenvalue weighted by Crippen LogP contribution is 2.25. The lowest BCUT2D eigenvalue weighted by Crippen LogP contribution is -2.32. The Hall–Kier alpha value is -0.620. The van der Waals surface area contributed by atoms with Gasteiger partial charge in [-0.05, 0) is 42.9 Å². The highest BCUT2D eigenvalue weighted by Gasteiger charge is 2.26. The lowest BCUT2D eigenvalue weighted by molar-refractivity contribution is 0.134. The maximum atomic E-state index is 12.1. The molecule has 2 rings (SSSR count). The Labute approximate surface area is 125 Å². The van der Waals surface area contributed by atoms with Crippen molar-refractivity contribution in [2.45, 2.75) is 36.7 Å². The van der Waals surface area contributed by atoms with Crippen LogP contribution in [0.15, 0.2) is 29.2 Å². The summed E-state index contributed by atoms with van der Waals surface area (Å²) in [5.41, 5.74) is 1.02. The molecule has 2 unspecified atom stereocenters. The number of nitrogens with one attached hydrogen (secondary N) is 1. The Morgan fingerprint density at radius 3 is 2.50 bits per heavy atom. The van der Waals surface area contributed by atoms with Gasteiger partial charge < -0.3 is 5.11 Å². The standard InChI is InChI=1S/C14H20ClNO3S/c15-9-8-11-4-6-13(7-5-11)20(18,19)16-10-12-2-1-3-14(12)17/h4-7,12,14,16-17H,1-3,8-10H2. The molecular weight excluding hydrogens is 298 g/mol. The molecule has 1 fully saturated rings. The first-order valence-corrected chi connectivity index (χ1v) is 8.87. The first-order chi connectivity index (χ1) is 9.53. The van der Waals surface area contributed by atoms with Crippen LogP contribution in [0.2, 0.25) is 0 Å². The van der Waals surface area contributed by atoms with Gasteiger partial charge in [-0.2, -0.15) is 0 Å². The predicted molar refractivity (Wildman–Crippen MR) is 79.4 cm³/mol. The minimum Gasteiger partial charge on any atom is -0.393 e. The molecule has 0 saturated heterocycles. The van der Waals surface area contributed by atoms with Crippen molar-refractivity contribution in [3.05, 3.63) is 29.8 Å². The number of hydrogen-bond donors (Lipinski definition) is 2.